The van der Waals surface area contributed by atoms with Crippen LogP contribution < -0.4 is 15.5 Å². The number of anilines is 2. The van der Waals surface area contributed by atoms with Crippen LogP contribution in [0.2, 0.25) is 0 Å². The first-order valence-electron chi connectivity index (χ1n) is 9.54. The van der Waals surface area contributed by atoms with Gasteiger partial charge in [0, 0.05) is 37.8 Å². The summed E-state index contributed by atoms with van der Waals surface area (Å²) < 4.78 is 8.32. The second-order valence-corrected chi connectivity index (χ2v) is 7.39. The standard InChI is InChI=1S/C19H23N7OS/c1-13-22-17(12-18(23-13)26-9-3-2-4-10-26)20-7-8-21-19(27)14-5-6-15-16(11-14)25-28-24-15/h5-6,11-12H,2-4,7-10H2,1H3,(H,21,27)(H,20,22,23). The molecule has 1 aromatic carbocycles. The molecule has 28 heavy (non-hydrogen) atoms. The minimum absolute atomic E-state index is 0.121. The van der Waals surface area contributed by atoms with Gasteiger partial charge < -0.3 is 15.5 Å². The van der Waals surface area contributed by atoms with E-state index in [1.54, 1.807) is 12.1 Å². The van der Waals surface area contributed by atoms with Crippen LogP contribution in [0.25, 0.3) is 11.0 Å². The van der Waals surface area contributed by atoms with Crippen LogP contribution in [0, 0.1) is 6.92 Å². The lowest BCUT2D eigenvalue weighted by atomic mass is 10.1. The van der Waals surface area contributed by atoms with Crippen molar-refractivity contribution in [3.05, 3.63) is 35.7 Å². The van der Waals surface area contributed by atoms with E-state index in [0.29, 0.717) is 18.7 Å². The molecule has 3 aromatic rings. The van der Waals surface area contributed by atoms with E-state index >= 15 is 0 Å². The zero-order valence-corrected chi connectivity index (χ0v) is 16.6. The molecule has 0 aliphatic carbocycles. The van der Waals surface area contributed by atoms with Crippen molar-refractivity contribution in [1.82, 2.24) is 24.0 Å². The lowest BCUT2D eigenvalue weighted by Gasteiger charge is -2.28. The highest BCUT2D eigenvalue weighted by Gasteiger charge is 2.14. The fourth-order valence-electron chi connectivity index (χ4n) is 3.32. The fourth-order valence-corrected chi connectivity index (χ4v) is 3.84. The summed E-state index contributed by atoms with van der Waals surface area (Å²) in [5, 5.41) is 6.20. The molecule has 4 rings (SSSR count). The maximum absolute atomic E-state index is 12.3. The maximum Gasteiger partial charge on any atom is 0.251 e. The number of fused-ring (bicyclic) bond motifs is 1. The number of aryl methyl sites for hydroxylation is 1. The number of carbonyl (C=O) groups is 1. The van der Waals surface area contributed by atoms with Gasteiger partial charge in [0.15, 0.2) is 0 Å². The zero-order valence-electron chi connectivity index (χ0n) is 15.8. The predicted octanol–water partition coefficient (Wildman–Crippen LogP) is 2.62. The number of nitrogens with one attached hydrogen (secondary N) is 2. The first kappa shape index (κ1) is 18.5. The molecule has 146 valence electrons. The van der Waals surface area contributed by atoms with Crippen molar-refractivity contribution in [2.45, 2.75) is 26.2 Å². The molecular formula is C19H23N7OS. The topological polar surface area (TPSA) is 95.9 Å². The molecule has 9 heteroatoms. The summed E-state index contributed by atoms with van der Waals surface area (Å²) in [6.07, 6.45) is 3.71. The molecule has 1 aliphatic heterocycles. The highest BCUT2D eigenvalue weighted by molar-refractivity contribution is 7.00. The van der Waals surface area contributed by atoms with Crippen LogP contribution in [0.5, 0.6) is 0 Å². The van der Waals surface area contributed by atoms with Crippen LogP contribution >= 0.6 is 11.7 Å². The quantitative estimate of drug-likeness (QED) is 0.617. The number of nitrogens with zero attached hydrogens (tertiary/aromatic N) is 5. The van der Waals surface area contributed by atoms with Crippen LogP contribution in [-0.2, 0) is 0 Å². The SMILES string of the molecule is Cc1nc(NCCNC(=O)c2ccc3nsnc3c2)cc(N2CCCCC2)n1. The Hall–Kier alpha value is -2.81. The third kappa shape index (κ3) is 4.36. The Morgan fingerprint density at radius 1 is 1.07 bits per heavy atom. The van der Waals surface area contributed by atoms with Crippen LogP contribution in [0.15, 0.2) is 24.3 Å². The monoisotopic (exact) mass is 397 g/mol. The van der Waals surface area contributed by atoms with E-state index < -0.39 is 0 Å². The van der Waals surface area contributed by atoms with E-state index in [-0.39, 0.29) is 5.91 Å². The minimum Gasteiger partial charge on any atom is -0.368 e. The number of rotatable bonds is 6. The van der Waals surface area contributed by atoms with Crippen LogP contribution in [0.1, 0.15) is 35.4 Å². The predicted molar refractivity (Wildman–Crippen MR) is 111 cm³/mol. The molecular weight excluding hydrogens is 374 g/mol. The maximum atomic E-state index is 12.3. The van der Waals surface area contributed by atoms with Gasteiger partial charge in [-0.05, 0) is 44.4 Å². The summed E-state index contributed by atoms with van der Waals surface area (Å²) in [6, 6.07) is 7.34. The van der Waals surface area contributed by atoms with E-state index in [0.717, 1.165) is 53.3 Å². The van der Waals surface area contributed by atoms with Crippen LogP contribution in [-0.4, -0.2) is 50.8 Å². The number of carbonyl (C=O) groups excluding carboxylic acids is 1. The van der Waals surface area contributed by atoms with E-state index in [1.165, 1.54) is 19.3 Å². The largest absolute Gasteiger partial charge is 0.368 e. The third-order valence-corrected chi connectivity index (χ3v) is 5.29. The van der Waals surface area contributed by atoms with E-state index in [1.807, 2.05) is 19.1 Å². The Balaban J connectivity index is 1.31. The Morgan fingerprint density at radius 3 is 2.75 bits per heavy atom. The molecule has 0 unspecified atom stereocenters. The third-order valence-electron chi connectivity index (χ3n) is 4.74. The highest BCUT2D eigenvalue weighted by atomic mass is 32.1. The molecule has 0 bridgehead atoms. The van der Waals surface area contributed by atoms with Crippen molar-refractivity contribution < 1.29 is 4.79 Å². The molecule has 1 saturated heterocycles. The average molecular weight is 398 g/mol. The summed E-state index contributed by atoms with van der Waals surface area (Å²) in [6.45, 7) is 5.08. The summed E-state index contributed by atoms with van der Waals surface area (Å²) in [4.78, 5) is 23.7. The zero-order chi connectivity index (χ0) is 19.3. The molecule has 0 radical (unpaired) electrons. The van der Waals surface area contributed by atoms with Gasteiger partial charge in [0.05, 0.1) is 11.7 Å². The second-order valence-electron chi connectivity index (χ2n) is 6.86. The molecule has 2 aromatic heterocycles. The molecule has 3 heterocycles. The number of benzene rings is 1. The number of piperidine rings is 1. The lowest BCUT2D eigenvalue weighted by molar-refractivity contribution is 0.0955. The normalized spacial score (nSPS) is 14.2. The molecule has 1 amide bonds. The van der Waals surface area contributed by atoms with Gasteiger partial charge in [-0.25, -0.2) is 9.97 Å². The summed E-state index contributed by atoms with van der Waals surface area (Å²) in [5.74, 6) is 2.39. The van der Waals surface area contributed by atoms with Gasteiger partial charge in [0.1, 0.15) is 28.5 Å². The Morgan fingerprint density at radius 2 is 1.89 bits per heavy atom. The van der Waals surface area contributed by atoms with E-state index in [2.05, 4.69) is 34.2 Å². The van der Waals surface area contributed by atoms with Gasteiger partial charge in [0.25, 0.3) is 5.91 Å². The number of amides is 1. The van der Waals surface area contributed by atoms with E-state index in [4.69, 9.17) is 0 Å². The molecule has 0 saturated carbocycles. The van der Waals surface area contributed by atoms with Gasteiger partial charge in [-0.3, -0.25) is 4.79 Å². The van der Waals surface area contributed by atoms with Crippen molar-refractivity contribution in [1.29, 1.82) is 0 Å². The Bertz CT molecular complexity index is 968. The van der Waals surface area contributed by atoms with Gasteiger partial charge >= 0.3 is 0 Å². The summed E-state index contributed by atoms with van der Waals surface area (Å²) in [7, 11) is 0. The van der Waals surface area contributed by atoms with Crippen molar-refractivity contribution in [2.75, 3.05) is 36.4 Å². The summed E-state index contributed by atoms with van der Waals surface area (Å²) in [5.41, 5.74) is 2.15. The number of hydrogen-bond donors (Lipinski definition) is 2. The van der Waals surface area contributed by atoms with Gasteiger partial charge in [-0.15, -0.1) is 0 Å². The molecule has 8 nitrogen and oxygen atoms in total. The summed E-state index contributed by atoms with van der Waals surface area (Å²) >= 11 is 1.15. The fraction of sp³-hybridized carbons (Fsp3) is 0.421. The Labute approximate surface area is 167 Å². The van der Waals surface area contributed by atoms with E-state index in [9.17, 15) is 4.79 Å². The van der Waals surface area contributed by atoms with Crippen molar-refractivity contribution in [2.24, 2.45) is 0 Å². The van der Waals surface area contributed by atoms with Crippen molar-refractivity contribution in [3.63, 3.8) is 0 Å². The number of hydrogen-bond acceptors (Lipinski definition) is 8. The molecule has 0 spiro atoms. The van der Waals surface area contributed by atoms with Gasteiger partial charge in [-0.1, -0.05) is 0 Å². The smallest absolute Gasteiger partial charge is 0.251 e. The molecule has 0 atom stereocenters. The Kier molecular flexibility index (Phi) is 5.61. The van der Waals surface area contributed by atoms with Gasteiger partial charge in [0.2, 0.25) is 0 Å². The lowest BCUT2D eigenvalue weighted by Crippen LogP contribution is -2.31. The second kappa shape index (κ2) is 8.47. The molecule has 1 fully saturated rings. The van der Waals surface area contributed by atoms with Gasteiger partial charge in [-0.2, -0.15) is 8.75 Å². The van der Waals surface area contributed by atoms with Crippen LogP contribution in [0.3, 0.4) is 0 Å². The van der Waals surface area contributed by atoms with Crippen molar-refractivity contribution >= 4 is 40.3 Å². The molecule has 2 N–H and O–H groups in total. The van der Waals surface area contributed by atoms with Crippen molar-refractivity contribution in [3.8, 4) is 0 Å². The highest BCUT2D eigenvalue weighted by Crippen LogP contribution is 2.20. The minimum atomic E-state index is -0.121. The first-order chi connectivity index (χ1) is 13.7. The van der Waals surface area contributed by atoms with Crippen LogP contribution in [0.4, 0.5) is 11.6 Å². The average Bonchev–Trinajstić information content (AvgIpc) is 3.19. The molecule has 1 aliphatic rings. The first-order valence-corrected chi connectivity index (χ1v) is 10.3. The number of aromatic nitrogens is 4.